The predicted octanol–water partition coefficient (Wildman–Crippen LogP) is 4.16. The number of nitrogens with zero attached hydrogens (tertiary/aromatic N) is 1. The Kier molecular flexibility index (Phi) is 6.67. The highest BCUT2D eigenvalue weighted by atomic mass is 16.5. The van der Waals surface area contributed by atoms with Crippen LogP contribution in [0.25, 0.3) is 11.1 Å². The third-order valence-corrected chi connectivity index (χ3v) is 7.05. The molecule has 2 aliphatic rings. The zero-order valence-corrected chi connectivity index (χ0v) is 18.9. The minimum atomic E-state index is -1.14. The Balaban J connectivity index is 1.29. The van der Waals surface area contributed by atoms with Crippen LogP contribution in [0.2, 0.25) is 0 Å². The zero-order chi connectivity index (χ0) is 23.4. The number of hydrogen-bond acceptors (Lipinski definition) is 4. The van der Waals surface area contributed by atoms with Crippen molar-refractivity contribution < 1.29 is 24.2 Å². The van der Waals surface area contributed by atoms with Crippen LogP contribution < -0.4 is 5.32 Å². The monoisotopic (exact) mass is 450 g/mol. The fourth-order valence-corrected chi connectivity index (χ4v) is 5.16. The fraction of sp³-hybridized carbons (Fsp3) is 0.423. The molecule has 0 atom stereocenters. The lowest BCUT2D eigenvalue weighted by Gasteiger charge is -2.41. The zero-order valence-electron chi connectivity index (χ0n) is 18.9. The Bertz CT molecular complexity index is 999. The molecule has 7 heteroatoms. The van der Waals surface area contributed by atoms with Crippen LogP contribution in [0.5, 0.6) is 0 Å². The number of carbonyl (C=O) groups is 3. The van der Waals surface area contributed by atoms with Gasteiger partial charge < -0.3 is 20.1 Å². The lowest BCUT2D eigenvalue weighted by Crippen LogP contribution is -2.56. The molecule has 2 N–H and O–H groups in total. The van der Waals surface area contributed by atoms with Gasteiger partial charge in [0.25, 0.3) is 0 Å². The van der Waals surface area contributed by atoms with Gasteiger partial charge in [-0.15, -0.1) is 0 Å². The van der Waals surface area contributed by atoms with Crippen LogP contribution in [-0.4, -0.2) is 53.7 Å². The van der Waals surface area contributed by atoms with Crippen molar-refractivity contribution in [2.45, 2.75) is 50.0 Å². The van der Waals surface area contributed by atoms with Crippen molar-refractivity contribution in [1.82, 2.24) is 10.2 Å². The van der Waals surface area contributed by atoms with Crippen molar-refractivity contribution in [2.24, 2.45) is 0 Å². The second kappa shape index (κ2) is 9.65. The molecule has 1 saturated carbocycles. The Hall–Kier alpha value is -3.35. The van der Waals surface area contributed by atoms with Gasteiger partial charge in [-0.05, 0) is 35.1 Å². The SMILES string of the molecule is CN(C(=O)CCNC(=O)OCC1c2ccccc2-c2ccccc21)C1(C(=O)O)CCCCC1. The second-order valence-electron chi connectivity index (χ2n) is 8.85. The van der Waals surface area contributed by atoms with Crippen molar-refractivity contribution in [1.29, 1.82) is 0 Å². The molecule has 0 saturated heterocycles. The lowest BCUT2D eigenvalue weighted by molar-refractivity contribution is -0.160. The van der Waals surface area contributed by atoms with Gasteiger partial charge in [0.2, 0.25) is 5.91 Å². The van der Waals surface area contributed by atoms with Crippen molar-refractivity contribution >= 4 is 18.0 Å². The smallest absolute Gasteiger partial charge is 0.407 e. The van der Waals surface area contributed by atoms with E-state index in [1.165, 1.54) is 4.90 Å². The molecular weight excluding hydrogens is 420 g/mol. The Morgan fingerprint density at radius 3 is 2.15 bits per heavy atom. The van der Waals surface area contributed by atoms with Gasteiger partial charge in [-0.25, -0.2) is 9.59 Å². The Morgan fingerprint density at radius 1 is 1.00 bits per heavy atom. The van der Waals surface area contributed by atoms with E-state index in [2.05, 4.69) is 29.6 Å². The number of carbonyl (C=O) groups excluding carboxylic acids is 2. The molecule has 0 aliphatic heterocycles. The standard InChI is InChI=1S/C26H30N2O5/c1-28(26(24(30)31)14-7-2-8-15-26)23(29)13-16-27-25(32)33-17-22-20-11-5-3-9-18(20)19-10-4-6-12-21(19)22/h3-6,9-12,22H,2,7-8,13-17H2,1H3,(H,27,32)(H,30,31). The minimum absolute atomic E-state index is 0.0235. The van der Waals surface area contributed by atoms with E-state index in [0.29, 0.717) is 12.8 Å². The number of alkyl carbamates (subject to hydrolysis) is 1. The van der Waals surface area contributed by atoms with E-state index in [-0.39, 0.29) is 31.4 Å². The number of benzene rings is 2. The highest BCUT2D eigenvalue weighted by molar-refractivity contribution is 5.87. The van der Waals surface area contributed by atoms with Crippen LogP contribution in [0.1, 0.15) is 55.6 Å². The van der Waals surface area contributed by atoms with Gasteiger partial charge in [0.05, 0.1) is 0 Å². The first-order chi connectivity index (χ1) is 15.9. The predicted molar refractivity (Wildman–Crippen MR) is 124 cm³/mol. The molecule has 0 bridgehead atoms. The topological polar surface area (TPSA) is 95.9 Å². The molecule has 2 amide bonds. The summed E-state index contributed by atoms with van der Waals surface area (Å²) >= 11 is 0. The van der Waals surface area contributed by atoms with Crippen LogP contribution in [0.4, 0.5) is 4.79 Å². The molecule has 33 heavy (non-hydrogen) atoms. The number of ether oxygens (including phenoxy) is 1. The largest absolute Gasteiger partial charge is 0.479 e. The molecule has 0 heterocycles. The van der Waals surface area contributed by atoms with Crippen molar-refractivity contribution in [3.8, 4) is 11.1 Å². The van der Waals surface area contributed by atoms with E-state index < -0.39 is 17.6 Å². The summed E-state index contributed by atoms with van der Waals surface area (Å²) in [5.74, 6) is -1.28. The normalized spacial score (nSPS) is 16.4. The summed E-state index contributed by atoms with van der Waals surface area (Å²) in [6.07, 6.45) is 2.94. The van der Waals surface area contributed by atoms with Crippen LogP contribution in [0.15, 0.2) is 48.5 Å². The maximum absolute atomic E-state index is 12.6. The summed E-state index contributed by atoms with van der Waals surface area (Å²) in [7, 11) is 1.55. The molecule has 2 aliphatic carbocycles. The molecule has 0 spiro atoms. The molecule has 2 aromatic carbocycles. The maximum Gasteiger partial charge on any atom is 0.407 e. The van der Waals surface area contributed by atoms with Gasteiger partial charge in [0.1, 0.15) is 12.1 Å². The number of aliphatic carboxylic acids is 1. The summed E-state index contributed by atoms with van der Waals surface area (Å²) in [5, 5.41) is 12.4. The molecule has 0 aromatic heterocycles. The number of amides is 2. The van der Waals surface area contributed by atoms with Crippen LogP contribution in [-0.2, 0) is 14.3 Å². The first-order valence-corrected chi connectivity index (χ1v) is 11.5. The van der Waals surface area contributed by atoms with Crippen molar-refractivity contribution in [2.75, 3.05) is 20.2 Å². The van der Waals surface area contributed by atoms with E-state index in [1.54, 1.807) is 7.05 Å². The van der Waals surface area contributed by atoms with Crippen LogP contribution in [0, 0.1) is 0 Å². The fourth-order valence-electron chi connectivity index (χ4n) is 5.16. The lowest BCUT2D eigenvalue weighted by atomic mass is 9.80. The average Bonchev–Trinajstić information content (AvgIpc) is 3.16. The summed E-state index contributed by atoms with van der Waals surface area (Å²) < 4.78 is 5.49. The second-order valence-corrected chi connectivity index (χ2v) is 8.85. The Labute approximate surface area is 193 Å². The van der Waals surface area contributed by atoms with Gasteiger partial charge in [-0.3, -0.25) is 4.79 Å². The van der Waals surface area contributed by atoms with Crippen molar-refractivity contribution in [3.05, 3.63) is 59.7 Å². The van der Waals surface area contributed by atoms with Gasteiger partial charge in [-0.2, -0.15) is 0 Å². The van der Waals surface area contributed by atoms with Gasteiger partial charge in [0.15, 0.2) is 0 Å². The molecule has 0 unspecified atom stereocenters. The average molecular weight is 451 g/mol. The summed E-state index contributed by atoms with van der Waals surface area (Å²) in [4.78, 5) is 38.2. The van der Waals surface area contributed by atoms with E-state index in [1.807, 2.05) is 24.3 Å². The van der Waals surface area contributed by atoms with Crippen LogP contribution >= 0.6 is 0 Å². The summed E-state index contributed by atoms with van der Waals surface area (Å²) in [6.45, 7) is 0.297. The highest BCUT2D eigenvalue weighted by Crippen LogP contribution is 2.44. The van der Waals surface area contributed by atoms with Crippen molar-refractivity contribution in [3.63, 3.8) is 0 Å². The minimum Gasteiger partial charge on any atom is -0.479 e. The highest BCUT2D eigenvalue weighted by Gasteiger charge is 2.45. The molecule has 7 nitrogen and oxygen atoms in total. The molecular formula is C26H30N2O5. The number of nitrogens with one attached hydrogen (secondary N) is 1. The maximum atomic E-state index is 12.6. The van der Waals surface area contributed by atoms with Gasteiger partial charge in [0, 0.05) is 25.9 Å². The number of rotatable bonds is 7. The number of carboxylic acid groups (broad SMARTS) is 1. The van der Waals surface area contributed by atoms with E-state index in [9.17, 15) is 19.5 Å². The summed E-state index contributed by atoms with van der Waals surface area (Å²) in [6, 6.07) is 16.2. The molecule has 174 valence electrons. The number of likely N-dealkylation sites (N-methyl/N-ethyl adjacent to an activating group) is 1. The Morgan fingerprint density at radius 2 is 1.58 bits per heavy atom. The van der Waals surface area contributed by atoms with E-state index in [0.717, 1.165) is 41.5 Å². The third-order valence-electron chi connectivity index (χ3n) is 7.05. The van der Waals surface area contributed by atoms with E-state index in [4.69, 9.17) is 4.74 Å². The molecule has 2 aromatic rings. The number of fused-ring (bicyclic) bond motifs is 3. The van der Waals surface area contributed by atoms with Crippen LogP contribution in [0.3, 0.4) is 0 Å². The molecule has 0 radical (unpaired) electrons. The van der Waals surface area contributed by atoms with Gasteiger partial charge in [-0.1, -0.05) is 67.8 Å². The summed E-state index contributed by atoms with van der Waals surface area (Å²) in [5.41, 5.74) is 3.44. The first-order valence-electron chi connectivity index (χ1n) is 11.5. The van der Waals surface area contributed by atoms with Gasteiger partial charge >= 0.3 is 12.1 Å². The third kappa shape index (κ3) is 4.45. The first kappa shape index (κ1) is 22.8. The number of hydrogen-bond donors (Lipinski definition) is 2. The quantitative estimate of drug-likeness (QED) is 0.660. The number of carboxylic acids is 1. The molecule has 4 rings (SSSR count). The molecule has 1 fully saturated rings. The van der Waals surface area contributed by atoms with E-state index >= 15 is 0 Å².